The quantitative estimate of drug-likeness (QED) is 0.380. The molecule has 0 atom stereocenters. The molecule has 0 radical (unpaired) electrons. The number of hydrogen-bond donors (Lipinski definition) is 3. The summed E-state index contributed by atoms with van der Waals surface area (Å²) in [6.07, 6.45) is 17.2. The Kier molecular flexibility index (Phi) is 19.1. The van der Waals surface area contributed by atoms with E-state index in [0.717, 1.165) is 6.54 Å². The molecule has 0 amide bonds. The van der Waals surface area contributed by atoms with Crippen LogP contribution in [0, 0.1) is 0 Å². The van der Waals surface area contributed by atoms with Crippen LogP contribution in [0.25, 0.3) is 0 Å². The van der Waals surface area contributed by atoms with E-state index in [1.54, 1.807) is 0 Å². The number of hydrogen-bond acceptors (Lipinski definition) is 2. The summed E-state index contributed by atoms with van der Waals surface area (Å²) >= 11 is 0. The van der Waals surface area contributed by atoms with Crippen molar-refractivity contribution in [1.82, 2.24) is 0 Å². The second-order valence-electron chi connectivity index (χ2n) is 5.23. The van der Waals surface area contributed by atoms with Crippen molar-refractivity contribution in [3.8, 4) is 0 Å². The van der Waals surface area contributed by atoms with E-state index in [2.05, 4.69) is 12.7 Å². The van der Waals surface area contributed by atoms with Crippen molar-refractivity contribution in [3.63, 3.8) is 0 Å². The smallest absolute Gasteiger partial charge is 0.262 e. The average Bonchev–Trinajstić information content (AvgIpc) is 2.34. The van der Waals surface area contributed by atoms with Gasteiger partial charge in [-0.1, -0.05) is 71.1 Å². The van der Waals surface area contributed by atoms with Gasteiger partial charge in [0.05, 0.1) is 6.54 Å². The van der Waals surface area contributed by atoms with Gasteiger partial charge in [-0.3, -0.25) is 4.57 Å². The van der Waals surface area contributed by atoms with Crippen LogP contribution in [0.1, 0.15) is 84.0 Å². The first-order valence-corrected chi connectivity index (χ1v) is 9.50. The molecule has 0 aliphatic rings. The van der Waals surface area contributed by atoms with Crippen molar-refractivity contribution < 1.29 is 25.0 Å². The number of quaternary nitrogens is 1. The van der Waals surface area contributed by atoms with Gasteiger partial charge >= 0.3 is 0 Å². The van der Waals surface area contributed by atoms with Gasteiger partial charge in [0.2, 0.25) is 0 Å². The number of rotatable bonds is 12. The highest BCUT2D eigenvalue weighted by atomic mass is 31.2. The molecule has 6 heteroatoms. The van der Waals surface area contributed by atoms with Crippen molar-refractivity contribution in [3.05, 3.63) is 0 Å². The first-order valence-electron chi connectivity index (χ1n) is 7.97. The van der Waals surface area contributed by atoms with E-state index in [9.17, 15) is 0 Å². The molecule has 0 heterocycles. The van der Waals surface area contributed by atoms with Crippen LogP contribution in [0.5, 0.6) is 0 Å². The molecule has 0 saturated carbocycles. The third-order valence-electron chi connectivity index (χ3n) is 3.10. The molecule has 5 N–H and O–H groups in total. The van der Waals surface area contributed by atoms with Crippen molar-refractivity contribution in [2.75, 3.05) is 6.54 Å². The molecule has 0 spiro atoms. The van der Waals surface area contributed by atoms with Crippen LogP contribution in [0.4, 0.5) is 0 Å². The fraction of sp³-hybridized carbons (Fsp3) is 1.00. The molecule has 124 valence electrons. The molecule has 0 fully saturated rings. The highest BCUT2D eigenvalue weighted by molar-refractivity contribution is 7.43. The Bertz CT molecular complexity index is 201. The van der Waals surface area contributed by atoms with E-state index in [1.807, 2.05) is 0 Å². The summed E-state index contributed by atoms with van der Waals surface area (Å²) in [5.41, 5.74) is 3.87. The molecule has 0 unspecified atom stereocenters. The molecular weight excluding hydrogens is 277 g/mol. The maximum atomic E-state index is 8.77. The minimum absolute atomic E-state index is 1.12. The Morgan fingerprint density at radius 1 is 0.800 bits per heavy atom. The summed E-state index contributed by atoms with van der Waals surface area (Å²) in [5, 5.41) is 0. The zero-order valence-corrected chi connectivity index (χ0v) is 14.0. The zero-order valence-electron chi connectivity index (χ0n) is 13.1. The molecule has 0 aromatic heterocycles. The second kappa shape index (κ2) is 17.1. The van der Waals surface area contributed by atoms with Crippen LogP contribution in [-0.4, -0.2) is 16.3 Å². The fourth-order valence-corrected chi connectivity index (χ4v) is 2.02. The van der Waals surface area contributed by atoms with Gasteiger partial charge in [0, 0.05) is 0 Å². The maximum absolute atomic E-state index is 8.77. The first kappa shape index (κ1) is 22.4. The predicted molar refractivity (Wildman–Crippen MR) is 80.9 cm³/mol. The van der Waals surface area contributed by atoms with Gasteiger partial charge < -0.3 is 20.4 Å². The van der Waals surface area contributed by atoms with E-state index in [-0.39, 0.29) is 0 Å². The summed E-state index contributed by atoms with van der Waals surface area (Å²) < 4.78 is 8.77. The van der Waals surface area contributed by atoms with Crippen LogP contribution in [0.2, 0.25) is 0 Å². The summed E-state index contributed by atoms with van der Waals surface area (Å²) in [4.78, 5) is 22.9. The summed E-state index contributed by atoms with van der Waals surface area (Å²) in [7, 11) is -4.89. The fourth-order valence-electron chi connectivity index (χ4n) is 2.02. The minimum atomic E-state index is -4.89. The van der Waals surface area contributed by atoms with E-state index in [4.69, 9.17) is 19.2 Å². The molecule has 0 aromatic rings. The monoisotopic (exact) mass is 311 g/mol. The van der Waals surface area contributed by atoms with Gasteiger partial charge in [0.1, 0.15) is 0 Å². The minimum Gasteiger partial charge on any atom is -0.756 e. The van der Waals surface area contributed by atoms with Gasteiger partial charge in [-0.05, 0) is 12.8 Å². The average molecular weight is 311 g/mol. The van der Waals surface area contributed by atoms with Crippen molar-refractivity contribution in [2.45, 2.75) is 84.0 Å². The summed E-state index contributed by atoms with van der Waals surface area (Å²) in [6, 6.07) is 0. The van der Waals surface area contributed by atoms with E-state index < -0.39 is 7.82 Å². The SMILES string of the molecule is CCCCCCCCCCCCCC[NH3+].O=P([O-])(O)O. The lowest BCUT2D eigenvalue weighted by Crippen LogP contribution is -2.50. The molecule has 20 heavy (non-hydrogen) atoms. The zero-order chi connectivity index (χ0) is 15.7. The van der Waals surface area contributed by atoms with Crippen LogP contribution in [0.15, 0.2) is 0 Å². The highest BCUT2D eigenvalue weighted by Gasteiger charge is 1.92. The van der Waals surface area contributed by atoms with Crippen molar-refractivity contribution in [2.24, 2.45) is 0 Å². The van der Waals surface area contributed by atoms with Crippen LogP contribution >= 0.6 is 7.82 Å². The van der Waals surface area contributed by atoms with Gasteiger partial charge in [0.15, 0.2) is 0 Å². The van der Waals surface area contributed by atoms with Gasteiger partial charge in [0.25, 0.3) is 7.82 Å². The Hall–Kier alpha value is 0.0700. The van der Waals surface area contributed by atoms with Crippen LogP contribution in [-0.2, 0) is 4.57 Å². The predicted octanol–water partition coefficient (Wildman–Crippen LogP) is 2.37. The summed E-state index contributed by atoms with van der Waals surface area (Å²) in [6.45, 7) is 3.41. The Morgan fingerprint density at radius 3 is 1.30 bits per heavy atom. The lowest BCUT2D eigenvalue weighted by Gasteiger charge is -2.01. The lowest BCUT2D eigenvalue weighted by molar-refractivity contribution is -0.368. The molecule has 0 bridgehead atoms. The van der Waals surface area contributed by atoms with Crippen molar-refractivity contribution >= 4 is 7.82 Å². The molecule has 0 saturated heterocycles. The molecule has 0 rings (SSSR count). The number of unbranched alkanes of at least 4 members (excludes halogenated alkanes) is 11. The van der Waals surface area contributed by atoms with Gasteiger partial charge in [-0.15, -0.1) is 0 Å². The molecule has 5 nitrogen and oxygen atoms in total. The first-order chi connectivity index (χ1) is 9.41. The van der Waals surface area contributed by atoms with Gasteiger partial charge in [-0.25, -0.2) is 0 Å². The summed E-state index contributed by atoms with van der Waals surface area (Å²) in [5.74, 6) is 0. The number of phosphoric acid groups is 1. The molecule has 0 aliphatic carbocycles. The lowest BCUT2D eigenvalue weighted by atomic mass is 10.1. The van der Waals surface area contributed by atoms with Gasteiger partial charge in [-0.2, -0.15) is 0 Å². The standard InChI is InChI=1S/C14H31N.H3O4P/c1-2-3-4-5-6-7-8-9-10-11-12-13-14-15;1-5(2,3)4/h2-15H2,1H3;(H3,1,2,3,4). The topological polar surface area (TPSA) is 108 Å². The van der Waals surface area contributed by atoms with E-state index >= 15 is 0 Å². The normalized spacial score (nSPS) is 11.1. The molecular formula is C14H34NO4P. The molecule has 0 aliphatic heterocycles. The van der Waals surface area contributed by atoms with Crippen molar-refractivity contribution in [1.29, 1.82) is 0 Å². The van der Waals surface area contributed by atoms with E-state index in [0.29, 0.717) is 0 Å². The third-order valence-corrected chi connectivity index (χ3v) is 3.10. The molecule has 0 aromatic carbocycles. The Labute approximate surface area is 124 Å². The maximum Gasteiger partial charge on any atom is 0.262 e. The van der Waals surface area contributed by atoms with Crippen LogP contribution < -0.4 is 10.6 Å². The highest BCUT2D eigenvalue weighted by Crippen LogP contribution is 2.19. The van der Waals surface area contributed by atoms with E-state index in [1.165, 1.54) is 77.0 Å². The second-order valence-corrected chi connectivity index (χ2v) is 6.21. The largest absolute Gasteiger partial charge is 0.756 e. The van der Waals surface area contributed by atoms with Crippen LogP contribution in [0.3, 0.4) is 0 Å². The Morgan fingerprint density at radius 2 is 1.05 bits per heavy atom. The third kappa shape index (κ3) is 36.1. The Balaban J connectivity index is 0.